The molecule has 7 heteroatoms. The first-order valence-corrected chi connectivity index (χ1v) is 12.8. The lowest BCUT2D eigenvalue weighted by molar-refractivity contribution is -0.136. The number of ether oxygens (including phenoxy) is 1. The van der Waals surface area contributed by atoms with E-state index >= 15 is 0 Å². The lowest BCUT2D eigenvalue weighted by Gasteiger charge is -2.40. The number of aryl methyl sites for hydroxylation is 1. The molecular formula is C26H32N4O2S. The molecule has 0 bridgehead atoms. The zero-order valence-electron chi connectivity index (χ0n) is 19.5. The van der Waals surface area contributed by atoms with E-state index in [4.69, 9.17) is 9.72 Å². The number of benzene rings is 1. The van der Waals surface area contributed by atoms with Gasteiger partial charge in [0.1, 0.15) is 11.6 Å². The number of para-hydroxylation sites is 2. The van der Waals surface area contributed by atoms with Crippen LogP contribution in [0.5, 0.6) is 5.75 Å². The van der Waals surface area contributed by atoms with Crippen LogP contribution in [0.3, 0.4) is 0 Å². The van der Waals surface area contributed by atoms with Crippen LogP contribution in [0.15, 0.2) is 42.6 Å². The Balaban J connectivity index is 1.24. The van der Waals surface area contributed by atoms with Gasteiger partial charge < -0.3 is 19.4 Å². The van der Waals surface area contributed by atoms with Crippen molar-refractivity contribution in [2.24, 2.45) is 5.92 Å². The largest absolute Gasteiger partial charge is 0.492 e. The predicted molar refractivity (Wildman–Crippen MR) is 136 cm³/mol. The third-order valence-corrected chi connectivity index (χ3v) is 7.73. The van der Waals surface area contributed by atoms with Gasteiger partial charge in [0.15, 0.2) is 0 Å². The summed E-state index contributed by atoms with van der Waals surface area (Å²) in [5.74, 6) is 2.30. The quantitative estimate of drug-likeness (QED) is 0.554. The maximum Gasteiger partial charge on any atom is 0.227 e. The Hall–Kier alpha value is -2.80. The lowest BCUT2D eigenvalue weighted by atomic mass is 9.96. The third kappa shape index (κ3) is 4.51. The van der Waals surface area contributed by atoms with Crippen molar-refractivity contribution in [3.05, 3.63) is 47.5 Å². The monoisotopic (exact) mass is 464 g/mol. The standard InChI is InChI=1S/C26H32N4O2S/c1-3-32-23-9-5-4-8-22(23)28-13-15-29(16-14-28)26(31)20-7-6-12-30(18-20)25-21-17-19(2)33-24(21)10-11-27-25/h4-5,8-11,17,20H,3,6-7,12-16,18H2,1-2H3/t20-/m1/s1. The summed E-state index contributed by atoms with van der Waals surface area (Å²) in [6.07, 6.45) is 3.89. The topological polar surface area (TPSA) is 48.9 Å². The summed E-state index contributed by atoms with van der Waals surface area (Å²) < 4.78 is 7.09. The van der Waals surface area contributed by atoms with Crippen molar-refractivity contribution in [1.29, 1.82) is 0 Å². The normalized spacial score (nSPS) is 19.2. The van der Waals surface area contributed by atoms with Gasteiger partial charge in [0.05, 0.1) is 18.2 Å². The fourth-order valence-corrected chi connectivity index (χ4v) is 6.03. The number of piperidine rings is 1. The Morgan fingerprint density at radius 2 is 1.94 bits per heavy atom. The van der Waals surface area contributed by atoms with Crippen LogP contribution in [-0.2, 0) is 4.79 Å². The van der Waals surface area contributed by atoms with Gasteiger partial charge in [-0.05, 0) is 51.0 Å². The summed E-state index contributed by atoms with van der Waals surface area (Å²) in [6.45, 7) is 9.71. The van der Waals surface area contributed by atoms with Crippen molar-refractivity contribution in [1.82, 2.24) is 9.88 Å². The summed E-state index contributed by atoms with van der Waals surface area (Å²) >= 11 is 1.81. The number of rotatable bonds is 5. The Morgan fingerprint density at radius 3 is 2.76 bits per heavy atom. The van der Waals surface area contributed by atoms with Crippen molar-refractivity contribution in [2.45, 2.75) is 26.7 Å². The molecular weight excluding hydrogens is 432 g/mol. The van der Waals surface area contributed by atoms with E-state index in [9.17, 15) is 4.79 Å². The minimum atomic E-state index is 0.0396. The second kappa shape index (κ2) is 9.59. The Labute approximate surface area is 199 Å². The van der Waals surface area contributed by atoms with Crippen molar-refractivity contribution < 1.29 is 9.53 Å². The smallest absolute Gasteiger partial charge is 0.227 e. The highest BCUT2D eigenvalue weighted by Crippen LogP contribution is 2.34. The number of piperazine rings is 1. The SMILES string of the molecule is CCOc1ccccc1N1CCN(C(=O)[C@@H]2CCCN(c3nccc4sc(C)cc34)C2)CC1. The summed E-state index contributed by atoms with van der Waals surface area (Å²) in [4.78, 5) is 26.2. The molecule has 6 nitrogen and oxygen atoms in total. The number of carbonyl (C=O) groups is 1. The van der Waals surface area contributed by atoms with Gasteiger partial charge in [0.25, 0.3) is 0 Å². The highest BCUT2D eigenvalue weighted by Gasteiger charge is 2.32. The van der Waals surface area contributed by atoms with Gasteiger partial charge in [-0.1, -0.05) is 12.1 Å². The van der Waals surface area contributed by atoms with Gasteiger partial charge in [0, 0.05) is 60.4 Å². The van der Waals surface area contributed by atoms with Crippen molar-refractivity contribution in [2.75, 3.05) is 55.7 Å². The van der Waals surface area contributed by atoms with Crippen LogP contribution in [0.25, 0.3) is 10.1 Å². The second-order valence-corrected chi connectivity index (χ2v) is 10.2. The van der Waals surface area contributed by atoms with Crippen LogP contribution < -0.4 is 14.5 Å². The molecule has 4 heterocycles. The molecule has 1 atom stereocenters. The molecule has 2 aliphatic heterocycles. The summed E-state index contributed by atoms with van der Waals surface area (Å²) in [5, 5.41) is 1.22. The lowest BCUT2D eigenvalue weighted by Crippen LogP contribution is -2.52. The van der Waals surface area contributed by atoms with Gasteiger partial charge in [-0.25, -0.2) is 4.98 Å². The minimum Gasteiger partial charge on any atom is -0.492 e. The predicted octanol–water partition coefficient (Wildman–Crippen LogP) is 4.57. The maximum atomic E-state index is 13.4. The average molecular weight is 465 g/mol. The molecule has 0 radical (unpaired) electrons. The van der Waals surface area contributed by atoms with Gasteiger partial charge in [0.2, 0.25) is 5.91 Å². The molecule has 2 aromatic heterocycles. The average Bonchev–Trinajstić information content (AvgIpc) is 3.24. The summed E-state index contributed by atoms with van der Waals surface area (Å²) in [6, 6.07) is 12.5. The number of hydrogen-bond acceptors (Lipinski definition) is 6. The minimum absolute atomic E-state index is 0.0396. The highest BCUT2D eigenvalue weighted by atomic mass is 32.1. The number of pyridine rings is 1. The Kier molecular flexibility index (Phi) is 6.40. The Morgan fingerprint density at radius 1 is 1.12 bits per heavy atom. The number of fused-ring (bicyclic) bond motifs is 1. The number of amides is 1. The van der Waals surface area contributed by atoms with Crippen LogP contribution in [0.4, 0.5) is 11.5 Å². The molecule has 1 amide bonds. The fourth-order valence-electron chi connectivity index (χ4n) is 5.12. The molecule has 174 valence electrons. The number of carbonyl (C=O) groups excluding carboxylic acids is 1. The number of aromatic nitrogens is 1. The summed E-state index contributed by atoms with van der Waals surface area (Å²) in [7, 11) is 0. The first-order chi connectivity index (χ1) is 16.1. The van der Waals surface area contributed by atoms with E-state index in [-0.39, 0.29) is 5.92 Å². The van der Waals surface area contributed by atoms with Crippen molar-refractivity contribution in [3.8, 4) is 5.75 Å². The first kappa shape index (κ1) is 22.0. The van der Waals surface area contributed by atoms with Gasteiger partial charge >= 0.3 is 0 Å². The molecule has 2 aliphatic rings. The number of thiophene rings is 1. The molecule has 0 saturated carbocycles. The molecule has 5 rings (SSSR count). The molecule has 0 spiro atoms. The van der Waals surface area contributed by atoms with E-state index < -0.39 is 0 Å². The maximum absolute atomic E-state index is 13.4. The second-order valence-electron chi connectivity index (χ2n) is 8.90. The Bertz CT molecular complexity index is 1120. The van der Waals surface area contributed by atoms with E-state index in [1.54, 1.807) is 11.3 Å². The first-order valence-electron chi connectivity index (χ1n) is 12.0. The van der Waals surface area contributed by atoms with Crippen molar-refractivity contribution >= 4 is 38.8 Å². The van der Waals surface area contributed by atoms with E-state index in [1.165, 1.54) is 15.0 Å². The fraction of sp³-hybridized carbons (Fsp3) is 0.462. The van der Waals surface area contributed by atoms with E-state index in [0.29, 0.717) is 12.5 Å². The van der Waals surface area contributed by atoms with E-state index in [1.807, 2.05) is 25.3 Å². The molecule has 1 aromatic carbocycles. The van der Waals surface area contributed by atoms with Crippen molar-refractivity contribution in [3.63, 3.8) is 0 Å². The van der Waals surface area contributed by atoms with E-state index in [2.05, 4.69) is 45.9 Å². The van der Waals surface area contributed by atoms with Gasteiger partial charge in [-0.15, -0.1) is 11.3 Å². The van der Waals surface area contributed by atoms with E-state index in [0.717, 1.165) is 69.4 Å². The summed E-state index contributed by atoms with van der Waals surface area (Å²) in [5.41, 5.74) is 1.13. The molecule has 0 N–H and O–H groups in total. The highest BCUT2D eigenvalue weighted by molar-refractivity contribution is 7.19. The number of nitrogens with zero attached hydrogens (tertiary/aromatic N) is 4. The molecule has 2 fully saturated rings. The third-order valence-electron chi connectivity index (χ3n) is 6.71. The van der Waals surface area contributed by atoms with Gasteiger partial charge in [-0.3, -0.25) is 4.79 Å². The zero-order valence-corrected chi connectivity index (χ0v) is 20.3. The van der Waals surface area contributed by atoms with Crippen LogP contribution in [0, 0.1) is 12.8 Å². The van der Waals surface area contributed by atoms with Crippen LogP contribution >= 0.6 is 11.3 Å². The number of anilines is 2. The number of hydrogen-bond donors (Lipinski definition) is 0. The molecule has 0 unspecified atom stereocenters. The van der Waals surface area contributed by atoms with Gasteiger partial charge in [-0.2, -0.15) is 0 Å². The molecule has 3 aromatic rings. The van der Waals surface area contributed by atoms with Crippen LogP contribution in [-0.4, -0.2) is 61.7 Å². The molecule has 0 aliphatic carbocycles. The zero-order chi connectivity index (χ0) is 22.8. The van der Waals surface area contributed by atoms with Crippen LogP contribution in [0.1, 0.15) is 24.6 Å². The molecule has 33 heavy (non-hydrogen) atoms. The van der Waals surface area contributed by atoms with Crippen LogP contribution in [0.2, 0.25) is 0 Å². The molecule has 2 saturated heterocycles.